The molecule has 3 aromatic heterocycles. The van der Waals surface area contributed by atoms with Crippen LogP contribution in [0.5, 0.6) is 5.88 Å². The predicted molar refractivity (Wildman–Crippen MR) is 146 cm³/mol. The van der Waals surface area contributed by atoms with Crippen molar-refractivity contribution in [1.82, 2.24) is 29.6 Å². The van der Waals surface area contributed by atoms with Crippen molar-refractivity contribution in [2.45, 2.75) is 52.7 Å². The lowest BCUT2D eigenvalue weighted by molar-refractivity contribution is 0.0274. The maximum atomic E-state index is 12.5. The Morgan fingerprint density at radius 2 is 1.90 bits per heavy atom. The molecule has 1 fully saturated rings. The maximum Gasteiger partial charge on any atom is 0.410 e. The number of pyridine rings is 1. The van der Waals surface area contributed by atoms with Crippen molar-refractivity contribution >= 4 is 34.4 Å². The molecule has 0 radical (unpaired) electrons. The summed E-state index contributed by atoms with van der Waals surface area (Å²) in [7, 11) is 0. The Morgan fingerprint density at radius 3 is 2.62 bits per heavy atom. The van der Waals surface area contributed by atoms with Crippen molar-refractivity contribution in [1.29, 1.82) is 0 Å². The molecule has 5 rings (SSSR count). The SMILES string of the molecule is CC(=O)c1ccc(-n2cnc3cc(Nc4ccc(C)nn4)ccc32)nc1OC1CCN(C(=O)OC(C)(C)C)C1. The highest BCUT2D eigenvalue weighted by molar-refractivity contribution is 5.96. The lowest BCUT2D eigenvalue weighted by atomic mass is 10.2. The molecule has 4 aromatic rings. The number of anilines is 2. The molecule has 0 saturated carbocycles. The van der Waals surface area contributed by atoms with Crippen molar-refractivity contribution in [2.75, 3.05) is 18.4 Å². The lowest BCUT2D eigenvalue weighted by Crippen LogP contribution is -2.36. The average molecular weight is 530 g/mol. The maximum absolute atomic E-state index is 12.5. The molecule has 1 aromatic carbocycles. The van der Waals surface area contributed by atoms with Crippen molar-refractivity contribution < 1.29 is 19.1 Å². The van der Waals surface area contributed by atoms with Crippen molar-refractivity contribution in [3.63, 3.8) is 0 Å². The number of nitrogens with one attached hydrogen (secondary N) is 1. The molecule has 4 heterocycles. The third-order valence-electron chi connectivity index (χ3n) is 6.16. The fourth-order valence-electron chi connectivity index (χ4n) is 4.28. The zero-order valence-corrected chi connectivity index (χ0v) is 22.6. The molecule has 11 nitrogen and oxygen atoms in total. The second-order valence-electron chi connectivity index (χ2n) is 10.5. The number of ether oxygens (including phenoxy) is 2. The largest absolute Gasteiger partial charge is 0.472 e. The Hall–Kier alpha value is -4.54. The van der Waals surface area contributed by atoms with Crippen LogP contribution in [-0.4, -0.2) is 66.3 Å². The number of benzene rings is 1. The molecule has 0 bridgehead atoms. The average Bonchev–Trinajstić information content (AvgIpc) is 3.51. The Labute approximate surface area is 226 Å². The monoisotopic (exact) mass is 529 g/mol. The summed E-state index contributed by atoms with van der Waals surface area (Å²) in [6.45, 7) is 9.72. The number of aryl methyl sites for hydroxylation is 1. The van der Waals surface area contributed by atoms with Gasteiger partial charge in [-0.1, -0.05) is 0 Å². The number of nitrogens with zero attached hydrogens (tertiary/aromatic N) is 6. The normalized spacial score (nSPS) is 15.4. The minimum Gasteiger partial charge on any atom is -0.472 e. The van der Waals surface area contributed by atoms with E-state index in [2.05, 4.69) is 25.5 Å². The third kappa shape index (κ3) is 5.97. The van der Waals surface area contributed by atoms with E-state index in [0.717, 1.165) is 22.4 Å². The van der Waals surface area contributed by atoms with Crippen molar-refractivity contribution in [2.24, 2.45) is 0 Å². The molecule has 1 amide bonds. The zero-order chi connectivity index (χ0) is 27.7. The van der Waals surface area contributed by atoms with E-state index in [4.69, 9.17) is 9.47 Å². The van der Waals surface area contributed by atoms with Gasteiger partial charge in [-0.15, -0.1) is 5.10 Å². The number of ketones is 1. The number of carbonyl (C=O) groups is 2. The number of hydrogen-bond donors (Lipinski definition) is 1. The molecular formula is C28H31N7O4. The summed E-state index contributed by atoms with van der Waals surface area (Å²) in [6.07, 6.45) is 1.60. The van der Waals surface area contributed by atoms with Crippen LogP contribution >= 0.6 is 0 Å². The van der Waals surface area contributed by atoms with Gasteiger partial charge in [0.1, 0.15) is 23.9 Å². The van der Waals surface area contributed by atoms with Crippen LogP contribution in [0.25, 0.3) is 16.9 Å². The van der Waals surface area contributed by atoms with Crippen molar-refractivity contribution in [3.8, 4) is 11.7 Å². The number of fused-ring (bicyclic) bond motifs is 1. The van der Waals surface area contributed by atoms with E-state index in [1.165, 1.54) is 6.92 Å². The fraction of sp³-hybridized carbons (Fsp3) is 0.357. The first-order valence-corrected chi connectivity index (χ1v) is 12.8. The quantitative estimate of drug-likeness (QED) is 0.349. The van der Waals surface area contributed by atoms with Gasteiger partial charge in [-0.2, -0.15) is 10.1 Å². The van der Waals surface area contributed by atoms with E-state index in [1.807, 2.05) is 62.6 Å². The van der Waals surface area contributed by atoms with E-state index < -0.39 is 5.60 Å². The van der Waals surface area contributed by atoms with Crippen LogP contribution < -0.4 is 10.1 Å². The van der Waals surface area contributed by atoms with Gasteiger partial charge < -0.3 is 19.7 Å². The third-order valence-corrected chi connectivity index (χ3v) is 6.16. The molecule has 1 atom stereocenters. The smallest absolute Gasteiger partial charge is 0.410 e. The summed E-state index contributed by atoms with van der Waals surface area (Å²) in [5, 5.41) is 11.4. The highest BCUT2D eigenvalue weighted by Crippen LogP contribution is 2.27. The van der Waals surface area contributed by atoms with Gasteiger partial charge in [0, 0.05) is 18.7 Å². The van der Waals surface area contributed by atoms with E-state index in [-0.39, 0.29) is 23.9 Å². The number of amides is 1. The predicted octanol–water partition coefficient (Wildman–Crippen LogP) is 4.85. The summed E-state index contributed by atoms with van der Waals surface area (Å²) in [5.41, 5.74) is 3.06. The molecule has 1 aliphatic heterocycles. The van der Waals surface area contributed by atoms with Gasteiger partial charge in [-0.05, 0) is 77.1 Å². The van der Waals surface area contributed by atoms with Gasteiger partial charge >= 0.3 is 6.09 Å². The number of rotatable bonds is 6. The molecular weight excluding hydrogens is 498 g/mol. The Balaban J connectivity index is 1.36. The summed E-state index contributed by atoms with van der Waals surface area (Å²) < 4.78 is 13.5. The molecule has 1 N–H and O–H groups in total. The van der Waals surface area contributed by atoms with Gasteiger partial charge in [0.2, 0.25) is 5.88 Å². The summed E-state index contributed by atoms with van der Waals surface area (Å²) in [4.78, 5) is 35.7. The Kier molecular flexibility index (Phi) is 6.90. The minimum atomic E-state index is -0.577. The van der Waals surface area contributed by atoms with Crippen LogP contribution in [0.3, 0.4) is 0 Å². The van der Waals surface area contributed by atoms with E-state index >= 15 is 0 Å². The molecule has 0 aliphatic carbocycles. The van der Waals surface area contributed by atoms with Crippen LogP contribution in [0.15, 0.2) is 48.8 Å². The highest BCUT2D eigenvalue weighted by Gasteiger charge is 2.32. The standard InChI is InChI=1S/C28H31N7O4/c1-17-6-10-24(33-32-17)30-19-7-9-23-22(14-19)29-16-35(23)25-11-8-21(18(2)36)26(31-25)38-20-12-13-34(15-20)27(37)39-28(3,4)5/h6-11,14,16,20H,12-13,15H2,1-5H3,(H,30,33). The van der Waals surface area contributed by atoms with Gasteiger partial charge in [0.05, 0.1) is 28.8 Å². The minimum absolute atomic E-state index is 0.156. The fourth-order valence-corrected chi connectivity index (χ4v) is 4.28. The van der Waals surface area contributed by atoms with Crippen LogP contribution in [0.2, 0.25) is 0 Å². The van der Waals surface area contributed by atoms with E-state index in [1.54, 1.807) is 23.4 Å². The zero-order valence-electron chi connectivity index (χ0n) is 22.6. The molecule has 202 valence electrons. The van der Waals surface area contributed by atoms with Crippen LogP contribution in [0.1, 0.15) is 50.2 Å². The molecule has 11 heteroatoms. The van der Waals surface area contributed by atoms with Crippen LogP contribution in [0.4, 0.5) is 16.3 Å². The Bertz CT molecular complexity index is 1530. The summed E-state index contributed by atoms with van der Waals surface area (Å²) in [5.74, 6) is 1.27. The van der Waals surface area contributed by atoms with Gasteiger partial charge in [0.25, 0.3) is 0 Å². The van der Waals surface area contributed by atoms with E-state index in [0.29, 0.717) is 36.7 Å². The molecule has 1 aliphatic rings. The molecule has 1 unspecified atom stereocenters. The first-order chi connectivity index (χ1) is 18.6. The second kappa shape index (κ2) is 10.3. The number of hydrogen-bond acceptors (Lipinski definition) is 9. The first kappa shape index (κ1) is 26.1. The number of likely N-dealkylation sites (tertiary alicyclic amines) is 1. The van der Waals surface area contributed by atoms with Gasteiger partial charge in [-0.25, -0.2) is 9.78 Å². The lowest BCUT2D eigenvalue weighted by Gasteiger charge is -2.24. The second-order valence-corrected chi connectivity index (χ2v) is 10.5. The van der Waals surface area contributed by atoms with Gasteiger partial charge in [0.15, 0.2) is 11.6 Å². The van der Waals surface area contributed by atoms with Crippen molar-refractivity contribution in [3.05, 3.63) is 60.0 Å². The molecule has 0 spiro atoms. The Morgan fingerprint density at radius 1 is 1.08 bits per heavy atom. The summed E-state index contributed by atoms with van der Waals surface area (Å²) >= 11 is 0. The molecule has 39 heavy (non-hydrogen) atoms. The number of Topliss-reactive ketones (excluding diaryl/α,β-unsaturated/α-hetero) is 1. The van der Waals surface area contributed by atoms with Crippen LogP contribution in [-0.2, 0) is 4.74 Å². The van der Waals surface area contributed by atoms with Crippen LogP contribution in [0, 0.1) is 6.92 Å². The van der Waals surface area contributed by atoms with E-state index in [9.17, 15) is 9.59 Å². The number of carbonyl (C=O) groups excluding carboxylic acids is 2. The number of aromatic nitrogens is 5. The topological polar surface area (TPSA) is 124 Å². The summed E-state index contributed by atoms with van der Waals surface area (Å²) in [6, 6.07) is 13.0. The first-order valence-electron chi connectivity index (χ1n) is 12.8. The highest BCUT2D eigenvalue weighted by atomic mass is 16.6. The number of imidazole rings is 1. The molecule has 1 saturated heterocycles. The van der Waals surface area contributed by atoms with Gasteiger partial charge in [-0.3, -0.25) is 9.36 Å².